The van der Waals surface area contributed by atoms with Crippen molar-refractivity contribution in [3.63, 3.8) is 0 Å². The highest BCUT2D eigenvalue weighted by atomic mass is 35.5. The summed E-state index contributed by atoms with van der Waals surface area (Å²) in [6.45, 7) is 7.84. The average molecular weight is 548 g/mol. The third kappa shape index (κ3) is 7.13. The predicted octanol–water partition coefficient (Wildman–Crippen LogP) is 5.93. The van der Waals surface area contributed by atoms with Crippen LogP contribution < -0.4 is 15.8 Å². The molecule has 2 aliphatic rings. The lowest BCUT2D eigenvalue weighted by Crippen LogP contribution is -2.31. The molecular weight excluding hydrogens is 511 g/mol. The molecule has 37 heavy (non-hydrogen) atoms. The van der Waals surface area contributed by atoms with Gasteiger partial charge in [0.2, 0.25) is 0 Å². The van der Waals surface area contributed by atoms with E-state index in [1.165, 1.54) is 45.2 Å². The molecule has 1 aromatic carbocycles. The minimum Gasteiger partial charge on any atom is -0.494 e. The number of nitrogens with two attached hydrogens (primary N) is 1. The summed E-state index contributed by atoms with van der Waals surface area (Å²) in [5.41, 5.74) is 8.46. The van der Waals surface area contributed by atoms with Crippen LogP contribution in [0.3, 0.4) is 0 Å². The highest BCUT2D eigenvalue weighted by molar-refractivity contribution is 6.35. The van der Waals surface area contributed by atoms with Crippen LogP contribution in [0.4, 0.5) is 5.82 Å². The van der Waals surface area contributed by atoms with Gasteiger partial charge < -0.3 is 25.2 Å². The second-order valence-corrected chi connectivity index (χ2v) is 10.4. The van der Waals surface area contributed by atoms with Gasteiger partial charge >= 0.3 is 0 Å². The second-order valence-electron chi connectivity index (χ2n) is 9.57. The summed E-state index contributed by atoms with van der Waals surface area (Å²) >= 11 is 12.8. The molecule has 5 rings (SSSR count). The highest BCUT2D eigenvalue weighted by Gasteiger charge is 2.29. The highest BCUT2D eigenvalue weighted by Crippen LogP contribution is 2.37. The molecule has 2 fully saturated rings. The Labute approximate surface area is 228 Å². The second kappa shape index (κ2) is 12.9. The normalized spacial score (nSPS) is 15.8. The van der Waals surface area contributed by atoms with Gasteiger partial charge in [-0.2, -0.15) is 0 Å². The molecule has 1 aliphatic heterocycles. The van der Waals surface area contributed by atoms with Gasteiger partial charge in [0.1, 0.15) is 28.0 Å². The summed E-state index contributed by atoms with van der Waals surface area (Å²) in [6, 6.07) is 6.36. The third-order valence-electron chi connectivity index (χ3n) is 6.62. The van der Waals surface area contributed by atoms with Gasteiger partial charge in [-0.15, -0.1) is 0 Å². The number of aromatic nitrogens is 3. The first-order valence-electron chi connectivity index (χ1n) is 13.0. The van der Waals surface area contributed by atoms with E-state index in [2.05, 4.69) is 25.3 Å². The maximum atomic E-state index is 6.40. The van der Waals surface area contributed by atoms with Crippen LogP contribution in [0.25, 0.3) is 22.6 Å². The van der Waals surface area contributed by atoms with Crippen molar-refractivity contribution in [1.82, 2.24) is 25.3 Å². The monoisotopic (exact) mass is 546 g/mol. The number of nitrogen functional groups attached to an aromatic ring is 1. The molecule has 3 aromatic rings. The fourth-order valence-electron chi connectivity index (χ4n) is 4.50. The van der Waals surface area contributed by atoms with Gasteiger partial charge in [0.25, 0.3) is 0 Å². The van der Waals surface area contributed by atoms with Crippen molar-refractivity contribution in [2.45, 2.75) is 58.4 Å². The van der Waals surface area contributed by atoms with Crippen molar-refractivity contribution in [2.75, 3.05) is 39.0 Å². The van der Waals surface area contributed by atoms with Crippen LogP contribution in [0.1, 0.15) is 50.0 Å². The maximum Gasteiger partial charge on any atom is 0.163 e. The van der Waals surface area contributed by atoms with E-state index in [0.717, 1.165) is 19.0 Å². The van der Waals surface area contributed by atoms with Gasteiger partial charge in [-0.3, -0.25) is 0 Å². The van der Waals surface area contributed by atoms with Crippen molar-refractivity contribution in [3.05, 3.63) is 39.7 Å². The van der Waals surface area contributed by atoms with Crippen LogP contribution in [0.2, 0.25) is 10.0 Å². The zero-order chi connectivity index (χ0) is 26.4. The molecule has 0 spiro atoms. The van der Waals surface area contributed by atoms with E-state index in [1.807, 2.05) is 14.0 Å². The molecule has 0 radical (unpaired) electrons. The molecule has 0 unspecified atom stereocenters. The van der Waals surface area contributed by atoms with Crippen LogP contribution in [0.5, 0.6) is 5.75 Å². The molecule has 1 saturated heterocycles. The Morgan fingerprint density at radius 3 is 2.54 bits per heavy atom. The number of rotatable bonds is 8. The molecular formula is C27H36Cl2N6O2. The summed E-state index contributed by atoms with van der Waals surface area (Å²) < 4.78 is 11.0. The van der Waals surface area contributed by atoms with E-state index in [-0.39, 0.29) is 10.8 Å². The number of ether oxygens (including phenoxy) is 1. The van der Waals surface area contributed by atoms with E-state index in [0.29, 0.717) is 51.5 Å². The number of nitrogens with zero attached hydrogens (tertiary/aromatic N) is 4. The molecule has 0 amide bonds. The summed E-state index contributed by atoms with van der Waals surface area (Å²) in [4.78, 5) is 11.6. The molecule has 0 atom stereocenters. The number of benzene rings is 1. The fraction of sp³-hybridized carbons (Fsp3) is 0.519. The molecule has 200 valence electrons. The summed E-state index contributed by atoms with van der Waals surface area (Å²) in [5.74, 6) is 1.77. The van der Waals surface area contributed by atoms with E-state index in [9.17, 15) is 0 Å². The average Bonchev–Trinajstić information content (AvgIpc) is 3.70. The Morgan fingerprint density at radius 1 is 1.14 bits per heavy atom. The number of hydrogen-bond donors (Lipinski definition) is 2. The molecule has 1 aliphatic carbocycles. The van der Waals surface area contributed by atoms with Gasteiger partial charge in [0, 0.05) is 11.6 Å². The van der Waals surface area contributed by atoms with Gasteiger partial charge in [-0.05, 0) is 90.8 Å². The maximum absolute atomic E-state index is 6.40. The lowest BCUT2D eigenvalue weighted by Gasteiger charge is -2.25. The van der Waals surface area contributed by atoms with Crippen LogP contribution >= 0.6 is 23.2 Å². The van der Waals surface area contributed by atoms with Crippen LogP contribution in [-0.4, -0.2) is 59.4 Å². The fourth-order valence-corrected chi connectivity index (χ4v) is 4.88. The Hall–Kier alpha value is -2.39. The van der Waals surface area contributed by atoms with Crippen molar-refractivity contribution in [3.8, 4) is 28.4 Å². The van der Waals surface area contributed by atoms with Gasteiger partial charge in [-0.25, -0.2) is 9.97 Å². The van der Waals surface area contributed by atoms with Gasteiger partial charge in [0.15, 0.2) is 5.82 Å². The first kappa shape index (κ1) is 27.6. The van der Waals surface area contributed by atoms with Crippen LogP contribution in [0.15, 0.2) is 22.7 Å². The zero-order valence-electron chi connectivity index (χ0n) is 21.8. The van der Waals surface area contributed by atoms with Crippen molar-refractivity contribution in [2.24, 2.45) is 0 Å². The largest absolute Gasteiger partial charge is 0.494 e. The predicted molar refractivity (Wildman–Crippen MR) is 149 cm³/mol. The molecule has 2 aromatic heterocycles. The molecule has 1 saturated carbocycles. The van der Waals surface area contributed by atoms with Crippen molar-refractivity contribution >= 4 is 29.0 Å². The Morgan fingerprint density at radius 2 is 1.89 bits per heavy atom. The lowest BCUT2D eigenvalue weighted by atomic mass is 10.1. The van der Waals surface area contributed by atoms with E-state index in [4.69, 9.17) is 38.2 Å². The third-order valence-corrected chi connectivity index (χ3v) is 7.32. The Balaban J connectivity index is 0.000000295. The molecule has 0 bridgehead atoms. The van der Waals surface area contributed by atoms with Crippen molar-refractivity contribution in [1.29, 1.82) is 0 Å². The van der Waals surface area contributed by atoms with Gasteiger partial charge in [-0.1, -0.05) is 34.8 Å². The number of likely N-dealkylation sites (tertiary alicyclic amines) is 1. The van der Waals surface area contributed by atoms with E-state index < -0.39 is 0 Å². The van der Waals surface area contributed by atoms with E-state index in [1.54, 1.807) is 25.1 Å². The number of hydrogen-bond acceptors (Lipinski definition) is 8. The minimum absolute atomic E-state index is 0.151. The summed E-state index contributed by atoms with van der Waals surface area (Å²) in [7, 11) is 1.90. The minimum atomic E-state index is 0.151. The molecule has 3 N–H and O–H groups in total. The number of nitrogens with one attached hydrogen (secondary N) is 1. The lowest BCUT2D eigenvalue weighted by molar-refractivity contribution is 0.219. The van der Waals surface area contributed by atoms with Crippen molar-refractivity contribution < 1.29 is 9.26 Å². The first-order chi connectivity index (χ1) is 17.9. The Kier molecular flexibility index (Phi) is 9.65. The summed E-state index contributed by atoms with van der Waals surface area (Å²) in [5, 5.41) is 7.77. The van der Waals surface area contributed by atoms with Gasteiger partial charge in [0.05, 0.1) is 22.9 Å². The summed E-state index contributed by atoms with van der Waals surface area (Å²) in [6.07, 6.45) is 8.24. The number of anilines is 1. The van der Waals surface area contributed by atoms with Crippen LogP contribution in [-0.2, 0) is 0 Å². The molecule has 10 heteroatoms. The SMILES string of the molecule is C1CCN(C2CC2)CC1.CNCCCOc1ccc(Cl)c(-c2nc(N)c(Cl)c(-c3c(C)noc3C)n2)c1. The standard InChI is InChI=1S/C19H21Cl2N5O2.C8H15N/c1-10-15(11(2)28-26-10)17-16(21)18(22)25-19(24-17)13-9-12(5-6-14(13)20)27-8-4-7-23-3;1-2-6-9(7-3-1)8-4-5-8/h5-6,9,23H,4,7-8H2,1-3H3,(H2,22,24,25);8H,1-7H2. The Bertz CT molecular complexity index is 1170. The van der Waals surface area contributed by atoms with Crippen LogP contribution in [0, 0.1) is 13.8 Å². The number of aryl methyl sites for hydroxylation is 2. The number of halogens is 2. The quantitative estimate of drug-likeness (QED) is 0.335. The molecule has 8 nitrogen and oxygen atoms in total. The number of piperidine rings is 1. The molecule has 3 heterocycles. The zero-order valence-corrected chi connectivity index (χ0v) is 23.3. The first-order valence-corrected chi connectivity index (χ1v) is 13.7. The topological polar surface area (TPSA) is 102 Å². The smallest absolute Gasteiger partial charge is 0.163 e. The van der Waals surface area contributed by atoms with E-state index >= 15 is 0 Å².